The zero-order valence-electron chi connectivity index (χ0n) is 14.2. The molecule has 0 saturated heterocycles. The number of rotatable bonds is 7. The van der Waals surface area contributed by atoms with E-state index in [1.54, 1.807) is 14.2 Å². The number of benzene rings is 1. The molecule has 0 heterocycles. The minimum Gasteiger partial charge on any atom is -0.493 e. The Morgan fingerprint density at radius 3 is 2.64 bits per heavy atom. The van der Waals surface area contributed by atoms with E-state index in [1.807, 2.05) is 12.1 Å². The van der Waals surface area contributed by atoms with Crippen LogP contribution >= 0.6 is 0 Å². The summed E-state index contributed by atoms with van der Waals surface area (Å²) in [6.45, 7) is 4.60. The number of hydrogen-bond acceptors (Lipinski definition) is 4. The zero-order chi connectivity index (χ0) is 16.2. The summed E-state index contributed by atoms with van der Waals surface area (Å²) in [7, 11) is 3.31. The van der Waals surface area contributed by atoms with Crippen molar-refractivity contribution in [1.29, 1.82) is 0 Å². The van der Waals surface area contributed by atoms with Crippen molar-refractivity contribution < 1.29 is 14.6 Å². The molecule has 0 spiro atoms. The Hall–Kier alpha value is -1.26. The summed E-state index contributed by atoms with van der Waals surface area (Å²) >= 11 is 0. The molecule has 3 unspecified atom stereocenters. The van der Waals surface area contributed by atoms with Crippen molar-refractivity contribution in [3.05, 3.63) is 23.8 Å². The fourth-order valence-corrected chi connectivity index (χ4v) is 3.47. The molecule has 4 nitrogen and oxygen atoms in total. The number of nitrogens with one attached hydrogen (secondary N) is 1. The normalized spacial score (nSPS) is 26.0. The summed E-state index contributed by atoms with van der Waals surface area (Å²) < 4.78 is 10.7. The lowest BCUT2D eigenvalue weighted by Crippen LogP contribution is -2.43. The lowest BCUT2D eigenvalue weighted by Gasteiger charge is -2.33. The van der Waals surface area contributed by atoms with Crippen molar-refractivity contribution in [1.82, 2.24) is 5.32 Å². The van der Waals surface area contributed by atoms with Gasteiger partial charge in [-0.15, -0.1) is 0 Å². The molecule has 3 atom stereocenters. The van der Waals surface area contributed by atoms with E-state index in [9.17, 15) is 5.11 Å². The van der Waals surface area contributed by atoms with E-state index < -0.39 is 0 Å². The largest absolute Gasteiger partial charge is 0.493 e. The van der Waals surface area contributed by atoms with Crippen molar-refractivity contribution in [3.8, 4) is 11.5 Å². The van der Waals surface area contributed by atoms with Crippen molar-refractivity contribution >= 4 is 0 Å². The quantitative estimate of drug-likeness (QED) is 0.811. The lowest BCUT2D eigenvalue weighted by atomic mass is 9.85. The number of hydrogen-bond donors (Lipinski definition) is 2. The Morgan fingerprint density at radius 2 is 2.05 bits per heavy atom. The summed E-state index contributed by atoms with van der Waals surface area (Å²) in [5.41, 5.74) is 1.19. The van der Waals surface area contributed by atoms with Crippen LogP contribution in [0.3, 0.4) is 0 Å². The van der Waals surface area contributed by atoms with Crippen LogP contribution in [0.25, 0.3) is 0 Å². The van der Waals surface area contributed by atoms with E-state index in [4.69, 9.17) is 9.47 Å². The summed E-state index contributed by atoms with van der Waals surface area (Å²) in [6.07, 6.45) is 4.38. The Labute approximate surface area is 133 Å². The number of ether oxygens (including phenoxy) is 2. The second kappa shape index (κ2) is 7.34. The van der Waals surface area contributed by atoms with Gasteiger partial charge in [-0.3, -0.25) is 0 Å². The second-order valence-corrected chi connectivity index (χ2v) is 6.50. The summed E-state index contributed by atoms with van der Waals surface area (Å²) in [5.74, 6) is 1.51. The molecule has 0 bridgehead atoms. The monoisotopic (exact) mass is 307 g/mol. The van der Waals surface area contributed by atoms with Gasteiger partial charge >= 0.3 is 0 Å². The third kappa shape index (κ3) is 3.39. The zero-order valence-corrected chi connectivity index (χ0v) is 14.2. The molecule has 1 fully saturated rings. The standard InChI is InChI=1S/C18H29NO3/c1-5-14(19-17-7-6-10-18(17,2)12-20)13-8-9-15(21-3)16(11-13)22-4/h8-9,11,14,17,19-20H,5-7,10,12H2,1-4H3. The highest BCUT2D eigenvalue weighted by molar-refractivity contribution is 5.43. The van der Waals surface area contributed by atoms with Crippen LogP contribution in [0.4, 0.5) is 0 Å². The molecule has 1 aliphatic carbocycles. The third-order valence-corrected chi connectivity index (χ3v) is 5.06. The molecular formula is C18H29NO3. The topological polar surface area (TPSA) is 50.7 Å². The van der Waals surface area contributed by atoms with Crippen LogP contribution in [0.2, 0.25) is 0 Å². The fraction of sp³-hybridized carbons (Fsp3) is 0.667. The van der Waals surface area contributed by atoms with Crippen molar-refractivity contribution in [3.63, 3.8) is 0 Å². The van der Waals surface area contributed by atoms with Crippen LogP contribution in [0, 0.1) is 5.41 Å². The number of aliphatic hydroxyl groups is 1. The molecule has 2 N–H and O–H groups in total. The average Bonchev–Trinajstić information content (AvgIpc) is 2.93. The smallest absolute Gasteiger partial charge is 0.161 e. The molecule has 1 aromatic carbocycles. The van der Waals surface area contributed by atoms with Gasteiger partial charge in [0, 0.05) is 24.1 Å². The number of methoxy groups -OCH3 is 2. The van der Waals surface area contributed by atoms with Crippen molar-refractivity contribution in [2.45, 2.75) is 51.6 Å². The Morgan fingerprint density at radius 1 is 1.32 bits per heavy atom. The molecule has 1 aromatic rings. The van der Waals surface area contributed by atoms with Crippen molar-refractivity contribution in [2.75, 3.05) is 20.8 Å². The molecular weight excluding hydrogens is 278 g/mol. The van der Waals surface area contributed by atoms with Gasteiger partial charge in [0.25, 0.3) is 0 Å². The average molecular weight is 307 g/mol. The first-order valence-corrected chi connectivity index (χ1v) is 8.16. The molecule has 0 radical (unpaired) electrons. The van der Waals surface area contributed by atoms with Crippen LogP contribution in [0.1, 0.15) is 51.1 Å². The lowest BCUT2D eigenvalue weighted by molar-refractivity contribution is 0.113. The molecule has 0 aliphatic heterocycles. The highest BCUT2D eigenvalue weighted by atomic mass is 16.5. The van der Waals surface area contributed by atoms with Gasteiger partial charge in [0.1, 0.15) is 0 Å². The van der Waals surface area contributed by atoms with Gasteiger partial charge in [-0.2, -0.15) is 0 Å². The van der Waals surface area contributed by atoms with Crippen molar-refractivity contribution in [2.24, 2.45) is 5.41 Å². The predicted octanol–water partition coefficient (Wildman–Crippen LogP) is 3.30. The molecule has 4 heteroatoms. The predicted molar refractivity (Wildman–Crippen MR) is 88.5 cm³/mol. The van der Waals surface area contributed by atoms with E-state index in [1.165, 1.54) is 12.0 Å². The Kier molecular flexibility index (Phi) is 5.70. The van der Waals surface area contributed by atoms with E-state index in [0.29, 0.717) is 6.04 Å². The molecule has 0 amide bonds. The Bertz CT molecular complexity index is 491. The summed E-state index contributed by atoms with van der Waals surface area (Å²) in [4.78, 5) is 0. The van der Waals surface area contributed by atoms with Crippen LogP contribution in [0.15, 0.2) is 18.2 Å². The van der Waals surface area contributed by atoms with Crippen LogP contribution in [-0.2, 0) is 0 Å². The van der Waals surface area contributed by atoms with Gasteiger partial charge in [0.05, 0.1) is 14.2 Å². The van der Waals surface area contributed by atoms with E-state index in [0.717, 1.165) is 30.8 Å². The minimum absolute atomic E-state index is 0.00994. The number of aliphatic hydroxyl groups excluding tert-OH is 1. The molecule has 22 heavy (non-hydrogen) atoms. The highest BCUT2D eigenvalue weighted by Crippen LogP contribution is 2.39. The van der Waals surface area contributed by atoms with Crippen LogP contribution < -0.4 is 14.8 Å². The Balaban J connectivity index is 2.18. The first kappa shape index (κ1) is 17.1. The molecule has 1 saturated carbocycles. The van der Waals surface area contributed by atoms with Gasteiger partial charge in [0.15, 0.2) is 11.5 Å². The van der Waals surface area contributed by atoms with Crippen LogP contribution in [0.5, 0.6) is 11.5 Å². The van der Waals surface area contributed by atoms with Gasteiger partial charge in [-0.1, -0.05) is 26.3 Å². The first-order valence-electron chi connectivity index (χ1n) is 8.16. The molecule has 1 aliphatic rings. The van der Waals surface area contributed by atoms with E-state index >= 15 is 0 Å². The van der Waals surface area contributed by atoms with Crippen LogP contribution in [-0.4, -0.2) is 32.0 Å². The highest BCUT2D eigenvalue weighted by Gasteiger charge is 2.39. The summed E-state index contributed by atoms with van der Waals surface area (Å²) in [6, 6.07) is 6.71. The first-order chi connectivity index (χ1) is 10.6. The van der Waals surface area contributed by atoms with Gasteiger partial charge < -0.3 is 19.9 Å². The van der Waals surface area contributed by atoms with E-state index in [-0.39, 0.29) is 18.1 Å². The maximum Gasteiger partial charge on any atom is 0.161 e. The molecule has 124 valence electrons. The second-order valence-electron chi connectivity index (χ2n) is 6.50. The minimum atomic E-state index is -0.00994. The fourth-order valence-electron chi connectivity index (χ4n) is 3.47. The molecule has 2 rings (SSSR count). The maximum absolute atomic E-state index is 9.73. The maximum atomic E-state index is 9.73. The van der Waals surface area contributed by atoms with Gasteiger partial charge in [-0.25, -0.2) is 0 Å². The summed E-state index contributed by atoms with van der Waals surface area (Å²) in [5, 5.41) is 13.5. The third-order valence-electron chi connectivity index (χ3n) is 5.06. The van der Waals surface area contributed by atoms with Gasteiger partial charge in [0.2, 0.25) is 0 Å². The van der Waals surface area contributed by atoms with Gasteiger partial charge in [-0.05, 0) is 37.0 Å². The van der Waals surface area contributed by atoms with E-state index in [2.05, 4.69) is 25.2 Å². The molecule has 0 aromatic heterocycles. The SMILES string of the molecule is CCC(NC1CCCC1(C)CO)c1ccc(OC)c(OC)c1.